The zero-order valence-corrected chi connectivity index (χ0v) is 7.51. The van der Waals surface area contributed by atoms with Crippen LogP contribution < -0.4 is 0 Å². The minimum atomic E-state index is 0.345. The number of hydrogen-bond donors (Lipinski definition) is 1. The average molecular weight is 154 g/mol. The fourth-order valence-electron chi connectivity index (χ4n) is 1.65. The van der Waals surface area contributed by atoms with Gasteiger partial charge in [-0.3, -0.25) is 0 Å². The third-order valence-corrected chi connectivity index (χ3v) is 2.77. The molecule has 2 atom stereocenters. The second-order valence-corrected chi connectivity index (χ2v) is 3.74. The molecule has 11 heavy (non-hydrogen) atoms. The van der Waals surface area contributed by atoms with Crippen molar-refractivity contribution in [3.63, 3.8) is 0 Å². The molecule has 0 aromatic heterocycles. The van der Waals surface area contributed by atoms with Crippen molar-refractivity contribution in [1.29, 1.82) is 0 Å². The first-order valence-corrected chi connectivity index (χ1v) is 4.50. The van der Waals surface area contributed by atoms with E-state index in [-0.39, 0.29) is 0 Å². The fourth-order valence-corrected chi connectivity index (χ4v) is 1.65. The van der Waals surface area contributed by atoms with E-state index in [1.165, 1.54) is 24.8 Å². The van der Waals surface area contributed by atoms with E-state index in [2.05, 4.69) is 19.9 Å². The Bertz CT molecular complexity index is 149. The molecule has 0 saturated heterocycles. The van der Waals surface area contributed by atoms with Gasteiger partial charge in [-0.15, -0.1) is 0 Å². The lowest BCUT2D eigenvalue weighted by Gasteiger charge is -2.24. The van der Waals surface area contributed by atoms with Crippen molar-refractivity contribution in [1.82, 2.24) is 0 Å². The lowest BCUT2D eigenvalue weighted by molar-refractivity contribution is 0.180. The number of hydrogen-bond acceptors (Lipinski definition) is 1. The lowest BCUT2D eigenvalue weighted by Crippen LogP contribution is -2.17. The van der Waals surface area contributed by atoms with Crippen LogP contribution in [0, 0.1) is 11.8 Å². The van der Waals surface area contributed by atoms with Crippen LogP contribution in [0.1, 0.15) is 33.1 Å². The summed E-state index contributed by atoms with van der Waals surface area (Å²) >= 11 is 0. The standard InChI is InChI=1S/C10H18O/c1-8-3-5-10(6-4-8)9(2)7-11/h3,9-11H,4-7H2,1-2H3/t9-,10?/m1/s1. The molecule has 0 bridgehead atoms. The maximum Gasteiger partial charge on any atom is 0.0459 e. The van der Waals surface area contributed by atoms with Crippen LogP contribution in [0.4, 0.5) is 0 Å². The maximum atomic E-state index is 8.93. The Morgan fingerprint density at radius 1 is 1.73 bits per heavy atom. The predicted octanol–water partition coefficient (Wildman–Crippen LogP) is 2.36. The SMILES string of the molecule is CC1=CCC([C@H](C)CO)CC1. The Morgan fingerprint density at radius 2 is 2.45 bits per heavy atom. The molecule has 64 valence electrons. The molecule has 1 rings (SSSR count). The third-order valence-electron chi connectivity index (χ3n) is 2.77. The Morgan fingerprint density at radius 3 is 2.91 bits per heavy atom. The van der Waals surface area contributed by atoms with Gasteiger partial charge in [-0.2, -0.15) is 0 Å². The van der Waals surface area contributed by atoms with Crippen LogP contribution in [0.15, 0.2) is 11.6 Å². The van der Waals surface area contributed by atoms with Gasteiger partial charge < -0.3 is 5.11 Å². The van der Waals surface area contributed by atoms with E-state index in [4.69, 9.17) is 5.11 Å². The van der Waals surface area contributed by atoms with Crippen LogP contribution in [-0.4, -0.2) is 11.7 Å². The van der Waals surface area contributed by atoms with E-state index in [1.54, 1.807) is 0 Å². The first kappa shape index (κ1) is 8.79. The van der Waals surface area contributed by atoms with Crippen LogP contribution in [0.3, 0.4) is 0 Å². The van der Waals surface area contributed by atoms with Gasteiger partial charge in [0.05, 0.1) is 0 Å². The van der Waals surface area contributed by atoms with Gasteiger partial charge >= 0.3 is 0 Å². The smallest absolute Gasteiger partial charge is 0.0459 e. The van der Waals surface area contributed by atoms with Crippen LogP contribution in [0.5, 0.6) is 0 Å². The monoisotopic (exact) mass is 154 g/mol. The normalized spacial score (nSPS) is 27.9. The number of aliphatic hydroxyl groups excluding tert-OH is 1. The highest BCUT2D eigenvalue weighted by molar-refractivity contribution is 5.03. The summed E-state index contributed by atoms with van der Waals surface area (Å²) in [6.07, 6.45) is 5.99. The summed E-state index contributed by atoms with van der Waals surface area (Å²) < 4.78 is 0. The minimum Gasteiger partial charge on any atom is -0.396 e. The Labute approximate surface area is 69.1 Å². The molecule has 0 amide bonds. The number of aliphatic hydroxyl groups is 1. The van der Waals surface area contributed by atoms with Crippen LogP contribution >= 0.6 is 0 Å². The summed E-state index contributed by atoms with van der Waals surface area (Å²) in [5, 5.41) is 8.93. The van der Waals surface area contributed by atoms with Crippen molar-refractivity contribution in [3.05, 3.63) is 11.6 Å². The largest absolute Gasteiger partial charge is 0.396 e. The second kappa shape index (κ2) is 3.91. The molecule has 0 aliphatic heterocycles. The third kappa shape index (κ3) is 2.33. The molecule has 1 heteroatoms. The average Bonchev–Trinajstić information content (AvgIpc) is 2.05. The van der Waals surface area contributed by atoms with Crippen molar-refractivity contribution < 1.29 is 5.11 Å². The van der Waals surface area contributed by atoms with E-state index < -0.39 is 0 Å². The van der Waals surface area contributed by atoms with Gasteiger partial charge in [-0.25, -0.2) is 0 Å². The number of allylic oxidation sites excluding steroid dienone is 2. The zero-order valence-electron chi connectivity index (χ0n) is 7.51. The van der Waals surface area contributed by atoms with E-state index in [1.807, 2.05) is 0 Å². The summed E-state index contributed by atoms with van der Waals surface area (Å²) in [6, 6.07) is 0. The first-order chi connectivity index (χ1) is 5.24. The molecule has 0 aromatic carbocycles. The molecule has 1 nitrogen and oxygen atoms in total. The van der Waals surface area contributed by atoms with E-state index >= 15 is 0 Å². The summed E-state index contributed by atoms with van der Waals surface area (Å²) in [6.45, 7) is 4.68. The molecular formula is C10H18O. The van der Waals surface area contributed by atoms with Gasteiger partial charge in [0.2, 0.25) is 0 Å². The van der Waals surface area contributed by atoms with E-state index in [9.17, 15) is 0 Å². The van der Waals surface area contributed by atoms with Crippen LogP contribution in [0.2, 0.25) is 0 Å². The molecule has 0 saturated carbocycles. The van der Waals surface area contributed by atoms with Crippen molar-refractivity contribution >= 4 is 0 Å². The number of rotatable bonds is 2. The topological polar surface area (TPSA) is 20.2 Å². The molecule has 1 N–H and O–H groups in total. The van der Waals surface area contributed by atoms with Crippen molar-refractivity contribution in [2.75, 3.05) is 6.61 Å². The molecule has 1 aliphatic carbocycles. The molecule has 0 fully saturated rings. The van der Waals surface area contributed by atoms with Crippen LogP contribution in [0.25, 0.3) is 0 Å². The quantitative estimate of drug-likeness (QED) is 0.605. The highest BCUT2D eigenvalue weighted by Gasteiger charge is 2.17. The Hall–Kier alpha value is -0.300. The van der Waals surface area contributed by atoms with Crippen LogP contribution in [-0.2, 0) is 0 Å². The van der Waals surface area contributed by atoms with Crippen molar-refractivity contribution in [3.8, 4) is 0 Å². The summed E-state index contributed by atoms with van der Waals surface area (Å²) in [7, 11) is 0. The summed E-state index contributed by atoms with van der Waals surface area (Å²) in [4.78, 5) is 0. The molecule has 0 heterocycles. The van der Waals surface area contributed by atoms with Gasteiger partial charge in [-0.05, 0) is 38.0 Å². The van der Waals surface area contributed by atoms with Gasteiger partial charge in [0.25, 0.3) is 0 Å². The van der Waals surface area contributed by atoms with E-state index in [0.717, 1.165) is 5.92 Å². The van der Waals surface area contributed by atoms with Crippen molar-refractivity contribution in [2.45, 2.75) is 33.1 Å². The van der Waals surface area contributed by atoms with Gasteiger partial charge in [0, 0.05) is 6.61 Å². The zero-order chi connectivity index (χ0) is 8.27. The van der Waals surface area contributed by atoms with E-state index in [0.29, 0.717) is 12.5 Å². The second-order valence-electron chi connectivity index (χ2n) is 3.74. The molecule has 0 radical (unpaired) electrons. The highest BCUT2D eigenvalue weighted by Crippen LogP contribution is 2.28. The lowest BCUT2D eigenvalue weighted by atomic mass is 9.82. The molecular weight excluding hydrogens is 136 g/mol. The van der Waals surface area contributed by atoms with Gasteiger partial charge in [0.15, 0.2) is 0 Å². The highest BCUT2D eigenvalue weighted by atomic mass is 16.3. The Kier molecular flexibility index (Phi) is 3.13. The minimum absolute atomic E-state index is 0.345. The first-order valence-electron chi connectivity index (χ1n) is 4.50. The van der Waals surface area contributed by atoms with Gasteiger partial charge in [0.1, 0.15) is 0 Å². The van der Waals surface area contributed by atoms with Gasteiger partial charge in [-0.1, -0.05) is 18.6 Å². The summed E-state index contributed by atoms with van der Waals surface area (Å²) in [5.74, 6) is 1.21. The molecule has 1 unspecified atom stereocenters. The molecule has 1 aliphatic rings. The fraction of sp³-hybridized carbons (Fsp3) is 0.800. The summed E-state index contributed by atoms with van der Waals surface area (Å²) in [5.41, 5.74) is 1.52. The van der Waals surface area contributed by atoms with Crippen molar-refractivity contribution in [2.24, 2.45) is 11.8 Å². The Balaban J connectivity index is 2.40. The maximum absolute atomic E-state index is 8.93. The molecule has 0 aromatic rings. The molecule has 0 spiro atoms. The predicted molar refractivity (Wildman–Crippen MR) is 47.3 cm³/mol.